The predicted molar refractivity (Wildman–Crippen MR) is 82.5 cm³/mol. The number of nitrogens with two attached hydrogens (primary N) is 1. The number of hydrogen-bond donors (Lipinski definition) is 1. The summed E-state index contributed by atoms with van der Waals surface area (Å²) in [5, 5.41) is 0. The van der Waals surface area contributed by atoms with Crippen LogP contribution in [0.2, 0.25) is 0 Å². The Morgan fingerprint density at radius 2 is 2.14 bits per heavy atom. The molecule has 1 aromatic carbocycles. The lowest BCUT2D eigenvalue weighted by Crippen LogP contribution is -2.56. The van der Waals surface area contributed by atoms with Gasteiger partial charge in [0.25, 0.3) is 5.91 Å². The average Bonchev–Trinajstić information content (AvgIpc) is 2.54. The van der Waals surface area contributed by atoms with Crippen molar-refractivity contribution in [1.29, 1.82) is 0 Å². The summed E-state index contributed by atoms with van der Waals surface area (Å²) in [6.07, 6.45) is 3.75. The van der Waals surface area contributed by atoms with Crippen LogP contribution in [0.4, 0.5) is 5.69 Å². The van der Waals surface area contributed by atoms with Crippen molar-refractivity contribution in [2.75, 3.05) is 39.0 Å². The standard InChI is InChI=1S/C16H23N3O2/c1-21-14-7-4-6-13(15(14)17)16(20)19-10-9-18-8-3-2-5-12(18)11-19/h4,6-7,12H,2-3,5,8-11,17H2,1H3. The number of para-hydroxylation sites is 1. The molecule has 0 aliphatic carbocycles. The molecule has 1 unspecified atom stereocenters. The molecule has 5 heteroatoms. The fourth-order valence-electron chi connectivity index (χ4n) is 3.42. The third-order valence-corrected chi connectivity index (χ3v) is 4.64. The first-order chi connectivity index (χ1) is 10.2. The molecule has 1 amide bonds. The normalized spacial score (nSPS) is 22.7. The molecule has 0 bridgehead atoms. The van der Waals surface area contributed by atoms with E-state index >= 15 is 0 Å². The number of carbonyl (C=O) groups is 1. The number of benzene rings is 1. The summed E-state index contributed by atoms with van der Waals surface area (Å²) in [6, 6.07) is 5.90. The third kappa shape index (κ3) is 2.70. The van der Waals surface area contributed by atoms with Gasteiger partial charge in [-0.2, -0.15) is 0 Å². The van der Waals surface area contributed by atoms with Crippen LogP contribution in [0.5, 0.6) is 5.75 Å². The van der Waals surface area contributed by atoms with E-state index in [4.69, 9.17) is 10.5 Å². The number of fused-ring (bicyclic) bond motifs is 1. The van der Waals surface area contributed by atoms with Gasteiger partial charge >= 0.3 is 0 Å². The second-order valence-corrected chi connectivity index (χ2v) is 5.86. The number of hydrogen-bond acceptors (Lipinski definition) is 4. The maximum absolute atomic E-state index is 12.7. The van der Waals surface area contributed by atoms with Crippen molar-refractivity contribution in [1.82, 2.24) is 9.80 Å². The van der Waals surface area contributed by atoms with Crippen molar-refractivity contribution in [3.8, 4) is 5.75 Å². The summed E-state index contributed by atoms with van der Waals surface area (Å²) in [6.45, 7) is 3.75. The van der Waals surface area contributed by atoms with Gasteiger partial charge in [-0.25, -0.2) is 0 Å². The topological polar surface area (TPSA) is 58.8 Å². The Hall–Kier alpha value is -1.75. The molecule has 0 radical (unpaired) electrons. The number of rotatable bonds is 2. The Balaban J connectivity index is 1.76. The lowest BCUT2D eigenvalue weighted by atomic mass is 9.99. The fourth-order valence-corrected chi connectivity index (χ4v) is 3.42. The molecule has 5 nitrogen and oxygen atoms in total. The summed E-state index contributed by atoms with van der Waals surface area (Å²) in [5.74, 6) is 0.591. The number of nitrogens with zero attached hydrogens (tertiary/aromatic N) is 2. The maximum Gasteiger partial charge on any atom is 0.256 e. The zero-order chi connectivity index (χ0) is 14.8. The molecule has 0 aromatic heterocycles. The molecule has 0 saturated carbocycles. The number of nitrogen functional groups attached to an aromatic ring is 1. The summed E-state index contributed by atoms with van der Waals surface area (Å²) in [5.41, 5.74) is 7.05. The second kappa shape index (κ2) is 5.93. The first-order valence-electron chi connectivity index (χ1n) is 7.66. The van der Waals surface area contributed by atoms with Gasteiger partial charge in [0, 0.05) is 25.7 Å². The van der Waals surface area contributed by atoms with Crippen molar-refractivity contribution in [3.05, 3.63) is 23.8 Å². The van der Waals surface area contributed by atoms with Gasteiger partial charge in [-0.1, -0.05) is 12.5 Å². The van der Waals surface area contributed by atoms with Crippen LogP contribution in [0.25, 0.3) is 0 Å². The highest BCUT2D eigenvalue weighted by Crippen LogP contribution is 2.27. The van der Waals surface area contributed by atoms with Crippen LogP contribution < -0.4 is 10.5 Å². The highest BCUT2D eigenvalue weighted by atomic mass is 16.5. The minimum atomic E-state index is 0.0247. The van der Waals surface area contributed by atoms with Gasteiger partial charge in [0.2, 0.25) is 0 Å². The number of ether oxygens (including phenoxy) is 1. The zero-order valence-electron chi connectivity index (χ0n) is 12.5. The largest absolute Gasteiger partial charge is 0.495 e. The first kappa shape index (κ1) is 14.2. The molecule has 2 aliphatic rings. The number of piperazine rings is 1. The Kier molecular flexibility index (Phi) is 4.01. The van der Waals surface area contributed by atoms with Crippen LogP contribution in [-0.4, -0.2) is 55.0 Å². The quantitative estimate of drug-likeness (QED) is 0.840. The molecule has 21 heavy (non-hydrogen) atoms. The monoisotopic (exact) mass is 289 g/mol. The second-order valence-electron chi connectivity index (χ2n) is 5.86. The molecule has 2 heterocycles. The van der Waals surface area contributed by atoms with E-state index in [0.717, 1.165) is 19.6 Å². The first-order valence-corrected chi connectivity index (χ1v) is 7.66. The van der Waals surface area contributed by atoms with Gasteiger partial charge < -0.3 is 15.4 Å². The molecule has 3 rings (SSSR count). The molecule has 2 fully saturated rings. The van der Waals surface area contributed by atoms with E-state index in [9.17, 15) is 4.79 Å². The summed E-state index contributed by atoms with van der Waals surface area (Å²) in [4.78, 5) is 17.2. The molecule has 2 N–H and O–H groups in total. The molecule has 0 spiro atoms. The third-order valence-electron chi connectivity index (χ3n) is 4.64. The lowest BCUT2D eigenvalue weighted by molar-refractivity contribution is 0.0373. The van der Waals surface area contributed by atoms with E-state index in [2.05, 4.69) is 4.90 Å². The van der Waals surface area contributed by atoms with Gasteiger partial charge in [0.15, 0.2) is 0 Å². The van der Waals surface area contributed by atoms with Crippen LogP contribution >= 0.6 is 0 Å². The Morgan fingerprint density at radius 3 is 2.95 bits per heavy atom. The van der Waals surface area contributed by atoms with Gasteiger partial charge in [-0.05, 0) is 31.5 Å². The van der Waals surface area contributed by atoms with Gasteiger partial charge in [0.05, 0.1) is 18.4 Å². The van der Waals surface area contributed by atoms with E-state index in [1.54, 1.807) is 19.2 Å². The predicted octanol–water partition coefficient (Wildman–Crippen LogP) is 1.59. The van der Waals surface area contributed by atoms with Gasteiger partial charge in [-0.15, -0.1) is 0 Å². The number of amides is 1. The number of methoxy groups -OCH3 is 1. The number of piperidine rings is 1. The smallest absolute Gasteiger partial charge is 0.256 e. The minimum absolute atomic E-state index is 0.0247. The molecule has 114 valence electrons. The summed E-state index contributed by atoms with van der Waals surface area (Å²) in [7, 11) is 1.57. The average molecular weight is 289 g/mol. The molecule has 2 saturated heterocycles. The van der Waals surface area contributed by atoms with Crippen molar-refractivity contribution in [2.45, 2.75) is 25.3 Å². The zero-order valence-corrected chi connectivity index (χ0v) is 12.5. The lowest BCUT2D eigenvalue weighted by Gasteiger charge is -2.44. The SMILES string of the molecule is COc1cccc(C(=O)N2CCN3CCCCC3C2)c1N. The molecule has 2 aliphatic heterocycles. The van der Waals surface area contributed by atoms with E-state index in [1.807, 2.05) is 11.0 Å². The van der Waals surface area contributed by atoms with Gasteiger partial charge in [0.1, 0.15) is 5.75 Å². The molecular weight excluding hydrogens is 266 g/mol. The van der Waals surface area contributed by atoms with Crippen LogP contribution in [-0.2, 0) is 0 Å². The Morgan fingerprint density at radius 1 is 1.29 bits per heavy atom. The maximum atomic E-state index is 12.7. The molecular formula is C16H23N3O2. The van der Waals surface area contributed by atoms with E-state index < -0.39 is 0 Å². The van der Waals surface area contributed by atoms with Crippen molar-refractivity contribution < 1.29 is 9.53 Å². The van der Waals surface area contributed by atoms with E-state index in [1.165, 1.54) is 25.8 Å². The highest BCUT2D eigenvalue weighted by molar-refractivity contribution is 6.00. The molecule has 1 aromatic rings. The van der Waals surface area contributed by atoms with Crippen LogP contribution in [0.3, 0.4) is 0 Å². The fraction of sp³-hybridized carbons (Fsp3) is 0.562. The van der Waals surface area contributed by atoms with Crippen LogP contribution in [0.15, 0.2) is 18.2 Å². The van der Waals surface area contributed by atoms with Gasteiger partial charge in [-0.3, -0.25) is 9.69 Å². The van der Waals surface area contributed by atoms with Crippen molar-refractivity contribution in [2.24, 2.45) is 0 Å². The number of anilines is 1. The minimum Gasteiger partial charge on any atom is -0.495 e. The van der Waals surface area contributed by atoms with Crippen molar-refractivity contribution >= 4 is 11.6 Å². The van der Waals surface area contributed by atoms with Crippen LogP contribution in [0, 0.1) is 0 Å². The van der Waals surface area contributed by atoms with Crippen molar-refractivity contribution in [3.63, 3.8) is 0 Å². The van der Waals surface area contributed by atoms with E-state index in [-0.39, 0.29) is 5.91 Å². The number of carbonyl (C=O) groups excluding carboxylic acids is 1. The Labute approximate surface area is 125 Å². The van der Waals surface area contributed by atoms with Crippen LogP contribution in [0.1, 0.15) is 29.6 Å². The summed E-state index contributed by atoms with van der Waals surface area (Å²) >= 11 is 0. The molecule has 1 atom stereocenters. The highest BCUT2D eigenvalue weighted by Gasteiger charge is 2.32. The van der Waals surface area contributed by atoms with E-state index in [0.29, 0.717) is 23.0 Å². The summed E-state index contributed by atoms with van der Waals surface area (Å²) < 4.78 is 5.21. The Bertz CT molecular complexity index is 532.